The first-order valence-electron chi connectivity index (χ1n) is 9.34. The zero-order chi connectivity index (χ0) is 20.4. The minimum atomic E-state index is -0.273. The summed E-state index contributed by atoms with van der Waals surface area (Å²) in [5.41, 5.74) is 5.05. The maximum Gasteiger partial charge on any atom is 0.274 e. The number of amides is 1. The number of carbonyl (C=O) groups is 1. The molecule has 1 aliphatic rings. The summed E-state index contributed by atoms with van der Waals surface area (Å²) < 4.78 is 10.7. The topological polar surface area (TPSA) is 85.4 Å². The number of carbonyl (C=O) groups excluding carboxylic acids is 1. The zero-order valence-corrected chi connectivity index (χ0v) is 16.6. The van der Waals surface area contributed by atoms with E-state index in [1.807, 2.05) is 57.2 Å². The molecule has 7 nitrogen and oxygen atoms in total. The summed E-state index contributed by atoms with van der Waals surface area (Å²) in [6.45, 7) is 6.62. The first kappa shape index (κ1) is 18.7. The molecule has 0 atom stereocenters. The van der Waals surface area contributed by atoms with Crippen LogP contribution in [0.2, 0.25) is 0 Å². The van der Waals surface area contributed by atoms with Crippen molar-refractivity contribution in [3.05, 3.63) is 70.5 Å². The van der Waals surface area contributed by atoms with E-state index < -0.39 is 0 Å². The van der Waals surface area contributed by atoms with Gasteiger partial charge in [-0.2, -0.15) is 0 Å². The summed E-state index contributed by atoms with van der Waals surface area (Å²) in [4.78, 5) is 21.4. The molecule has 0 bridgehead atoms. The SMILES string of the molecule is Cc1cc(C(=O)Nc2ccc(C)c(C)c2)nc(NCc2ccc3c(c2)OCO3)n1. The molecule has 1 aliphatic heterocycles. The number of aromatic nitrogens is 2. The molecule has 0 aliphatic carbocycles. The molecule has 7 heteroatoms. The molecule has 0 radical (unpaired) electrons. The molecule has 0 fully saturated rings. The van der Waals surface area contributed by atoms with Crippen LogP contribution in [0, 0.1) is 20.8 Å². The molecule has 2 heterocycles. The number of aryl methyl sites for hydroxylation is 3. The van der Waals surface area contributed by atoms with E-state index in [-0.39, 0.29) is 12.7 Å². The van der Waals surface area contributed by atoms with Crippen molar-refractivity contribution in [1.82, 2.24) is 9.97 Å². The number of hydrogen-bond acceptors (Lipinski definition) is 6. The Kier molecular flexibility index (Phi) is 5.03. The highest BCUT2D eigenvalue weighted by Gasteiger charge is 2.14. The van der Waals surface area contributed by atoms with Gasteiger partial charge in [0.25, 0.3) is 5.91 Å². The number of hydrogen-bond donors (Lipinski definition) is 2. The summed E-state index contributed by atoms with van der Waals surface area (Å²) in [6.07, 6.45) is 0. The van der Waals surface area contributed by atoms with Crippen molar-refractivity contribution >= 4 is 17.5 Å². The van der Waals surface area contributed by atoms with Gasteiger partial charge in [0.15, 0.2) is 11.5 Å². The van der Waals surface area contributed by atoms with Crippen LogP contribution in [-0.2, 0) is 6.54 Å². The van der Waals surface area contributed by atoms with Crippen LogP contribution in [0.3, 0.4) is 0 Å². The fourth-order valence-electron chi connectivity index (χ4n) is 3.01. The second-order valence-electron chi connectivity index (χ2n) is 7.01. The summed E-state index contributed by atoms with van der Waals surface area (Å²) >= 11 is 0. The van der Waals surface area contributed by atoms with Gasteiger partial charge >= 0.3 is 0 Å². The average molecular weight is 390 g/mol. The maximum atomic E-state index is 12.7. The van der Waals surface area contributed by atoms with E-state index in [0.29, 0.717) is 23.9 Å². The van der Waals surface area contributed by atoms with E-state index in [1.165, 1.54) is 5.56 Å². The Morgan fingerprint density at radius 2 is 1.79 bits per heavy atom. The predicted molar refractivity (Wildman–Crippen MR) is 111 cm³/mol. The normalized spacial score (nSPS) is 12.0. The Morgan fingerprint density at radius 1 is 0.966 bits per heavy atom. The number of fused-ring (bicyclic) bond motifs is 1. The number of nitrogens with one attached hydrogen (secondary N) is 2. The lowest BCUT2D eigenvalue weighted by Gasteiger charge is -2.10. The summed E-state index contributed by atoms with van der Waals surface area (Å²) in [5, 5.41) is 6.07. The van der Waals surface area contributed by atoms with Crippen LogP contribution in [0.1, 0.15) is 32.9 Å². The van der Waals surface area contributed by atoms with Crippen LogP contribution in [0.25, 0.3) is 0 Å². The summed E-state index contributed by atoms with van der Waals surface area (Å²) in [7, 11) is 0. The van der Waals surface area contributed by atoms with E-state index in [1.54, 1.807) is 6.07 Å². The van der Waals surface area contributed by atoms with Crippen molar-refractivity contribution in [2.45, 2.75) is 27.3 Å². The largest absolute Gasteiger partial charge is 0.454 e. The van der Waals surface area contributed by atoms with Gasteiger partial charge in [-0.05, 0) is 67.8 Å². The fourth-order valence-corrected chi connectivity index (χ4v) is 3.01. The lowest BCUT2D eigenvalue weighted by atomic mass is 10.1. The number of rotatable bonds is 5. The third kappa shape index (κ3) is 4.29. The second-order valence-corrected chi connectivity index (χ2v) is 7.01. The molecule has 2 aromatic carbocycles. The fraction of sp³-hybridized carbons (Fsp3) is 0.227. The molecule has 4 rings (SSSR count). The Balaban J connectivity index is 1.46. The minimum absolute atomic E-state index is 0.242. The monoisotopic (exact) mass is 390 g/mol. The van der Waals surface area contributed by atoms with E-state index in [9.17, 15) is 4.79 Å². The highest BCUT2D eigenvalue weighted by atomic mass is 16.7. The zero-order valence-electron chi connectivity index (χ0n) is 16.6. The smallest absolute Gasteiger partial charge is 0.274 e. The molecular weight excluding hydrogens is 368 g/mol. The van der Waals surface area contributed by atoms with Gasteiger partial charge in [-0.1, -0.05) is 12.1 Å². The molecule has 2 N–H and O–H groups in total. The van der Waals surface area contributed by atoms with Crippen LogP contribution in [0.4, 0.5) is 11.6 Å². The molecule has 3 aromatic rings. The van der Waals surface area contributed by atoms with Crippen molar-refractivity contribution in [1.29, 1.82) is 0 Å². The number of benzene rings is 2. The van der Waals surface area contributed by atoms with Crippen molar-refractivity contribution in [3.8, 4) is 11.5 Å². The Bertz CT molecular complexity index is 1080. The standard InChI is InChI=1S/C22H22N4O3/c1-13-4-6-17(8-14(13)2)25-21(27)18-9-15(3)24-22(26-18)23-11-16-5-7-19-20(10-16)29-12-28-19/h4-10H,11-12H2,1-3H3,(H,25,27)(H,23,24,26). The Hall–Kier alpha value is -3.61. The van der Waals surface area contributed by atoms with Crippen LogP contribution in [0.15, 0.2) is 42.5 Å². The molecular formula is C22H22N4O3. The number of anilines is 2. The van der Waals surface area contributed by atoms with Gasteiger partial charge < -0.3 is 20.1 Å². The summed E-state index contributed by atoms with van der Waals surface area (Å²) in [5.74, 6) is 1.59. The average Bonchev–Trinajstić information content (AvgIpc) is 3.16. The molecule has 0 unspecified atom stereocenters. The van der Waals surface area contributed by atoms with Crippen molar-refractivity contribution in [2.75, 3.05) is 17.4 Å². The third-order valence-corrected chi connectivity index (χ3v) is 4.74. The van der Waals surface area contributed by atoms with Gasteiger partial charge in [0.2, 0.25) is 12.7 Å². The van der Waals surface area contributed by atoms with E-state index >= 15 is 0 Å². The molecule has 148 valence electrons. The Morgan fingerprint density at radius 3 is 2.62 bits per heavy atom. The molecule has 0 saturated carbocycles. The predicted octanol–water partition coefficient (Wildman–Crippen LogP) is 3.99. The van der Waals surface area contributed by atoms with Crippen LogP contribution in [-0.4, -0.2) is 22.7 Å². The van der Waals surface area contributed by atoms with Crippen LogP contribution in [0.5, 0.6) is 11.5 Å². The molecule has 29 heavy (non-hydrogen) atoms. The van der Waals surface area contributed by atoms with E-state index in [0.717, 1.165) is 28.3 Å². The van der Waals surface area contributed by atoms with Gasteiger partial charge in [0, 0.05) is 17.9 Å². The van der Waals surface area contributed by atoms with Crippen LogP contribution >= 0.6 is 0 Å². The first-order chi connectivity index (χ1) is 14.0. The van der Waals surface area contributed by atoms with Gasteiger partial charge in [-0.25, -0.2) is 9.97 Å². The van der Waals surface area contributed by atoms with E-state index in [4.69, 9.17) is 9.47 Å². The first-order valence-corrected chi connectivity index (χ1v) is 9.34. The van der Waals surface area contributed by atoms with Crippen LogP contribution < -0.4 is 20.1 Å². The quantitative estimate of drug-likeness (QED) is 0.685. The van der Waals surface area contributed by atoms with Crippen molar-refractivity contribution < 1.29 is 14.3 Å². The number of nitrogens with zero attached hydrogens (tertiary/aromatic N) is 2. The lowest BCUT2D eigenvalue weighted by molar-refractivity contribution is 0.102. The second kappa shape index (κ2) is 7.79. The summed E-state index contributed by atoms with van der Waals surface area (Å²) in [6, 6.07) is 13.2. The third-order valence-electron chi connectivity index (χ3n) is 4.74. The molecule has 1 amide bonds. The highest BCUT2D eigenvalue weighted by Crippen LogP contribution is 2.32. The Labute approximate surface area is 169 Å². The van der Waals surface area contributed by atoms with Crippen molar-refractivity contribution in [3.63, 3.8) is 0 Å². The molecule has 0 saturated heterocycles. The maximum absolute atomic E-state index is 12.7. The minimum Gasteiger partial charge on any atom is -0.454 e. The molecule has 0 spiro atoms. The van der Waals surface area contributed by atoms with Gasteiger partial charge in [0.05, 0.1) is 0 Å². The lowest BCUT2D eigenvalue weighted by Crippen LogP contribution is -2.16. The molecule has 1 aromatic heterocycles. The van der Waals surface area contributed by atoms with Crippen molar-refractivity contribution in [2.24, 2.45) is 0 Å². The highest BCUT2D eigenvalue weighted by molar-refractivity contribution is 6.03. The number of ether oxygens (including phenoxy) is 2. The van der Waals surface area contributed by atoms with Gasteiger partial charge in [-0.3, -0.25) is 4.79 Å². The van der Waals surface area contributed by atoms with E-state index in [2.05, 4.69) is 20.6 Å². The van der Waals surface area contributed by atoms with Gasteiger partial charge in [0.1, 0.15) is 5.69 Å². The van der Waals surface area contributed by atoms with Gasteiger partial charge in [-0.15, -0.1) is 0 Å².